The molecule has 0 spiro atoms. The number of nitrogens with zero attached hydrogens (tertiary/aromatic N) is 2. The van der Waals surface area contributed by atoms with Crippen molar-refractivity contribution in [2.75, 3.05) is 26.1 Å². The number of ether oxygens (including phenoxy) is 3. The van der Waals surface area contributed by atoms with Gasteiger partial charge in [-0.1, -0.05) is 0 Å². The van der Waals surface area contributed by atoms with Gasteiger partial charge in [0, 0.05) is 31.4 Å². The molecule has 1 aliphatic heterocycles. The van der Waals surface area contributed by atoms with E-state index in [4.69, 9.17) is 14.2 Å². The van der Waals surface area contributed by atoms with Crippen molar-refractivity contribution >= 4 is 17.7 Å². The number of likely N-dealkylation sites (N-methyl/N-ethyl adjacent to an activating group) is 1. The lowest BCUT2D eigenvalue weighted by Gasteiger charge is -2.18. The minimum Gasteiger partial charge on any atom is -0.494 e. The third-order valence-electron chi connectivity index (χ3n) is 4.21. The van der Waals surface area contributed by atoms with Crippen LogP contribution in [0.15, 0.2) is 30.5 Å². The fraction of sp³-hybridized carbons (Fsp3) is 0.278. The number of carbonyl (C=O) groups is 2. The average molecular weight is 429 g/mol. The van der Waals surface area contributed by atoms with Crippen LogP contribution in [-0.4, -0.2) is 48.7 Å². The predicted octanol–water partition coefficient (Wildman–Crippen LogP) is 3.43. The lowest BCUT2D eigenvalue weighted by molar-refractivity contribution is -0.137. The van der Waals surface area contributed by atoms with Crippen LogP contribution in [0.4, 0.5) is 28.0 Å². The van der Waals surface area contributed by atoms with Gasteiger partial charge in [0.1, 0.15) is 18.4 Å². The Morgan fingerprint density at radius 1 is 1.30 bits per heavy atom. The minimum atomic E-state index is -4.58. The van der Waals surface area contributed by atoms with Gasteiger partial charge < -0.3 is 19.5 Å². The molecule has 2 heterocycles. The molecule has 2 aromatic rings. The molecule has 1 aliphatic rings. The van der Waals surface area contributed by atoms with Crippen molar-refractivity contribution in [3.05, 3.63) is 41.8 Å². The monoisotopic (exact) mass is 429 g/mol. The third kappa shape index (κ3) is 4.36. The molecular formula is C18H15F4N3O5. The summed E-state index contributed by atoms with van der Waals surface area (Å²) in [5.74, 6) is -2.26. The zero-order valence-electron chi connectivity index (χ0n) is 15.6. The van der Waals surface area contributed by atoms with Crippen LogP contribution in [0.3, 0.4) is 0 Å². The van der Waals surface area contributed by atoms with Crippen LogP contribution in [0.1, 0.15) is 5.56 Å². The second-order valence-electron chi connectivity index (χ2n) is 6.16. The molecule has 8 nitrogen and oxygen atoms in total. The van der Waals surface area contributed by atoms with E-state index in [1.165, 1.54) is 14.2 Å². The highest BCUT2D eigenvalue weighted by molar-refractivity contribution is 5.98. The molecule has 3 rings (SSSR count). The first-order chi connectivity index (χ1) is 14.1. The quantitative estimate of drug-likeness (QED) is 0.733. The summed E-state index contributed by atoms with van der Waals surface area (Å²) in [4.78, 5) is 28.4. The highest BCUT2D eigenvalue weighted by Crippen LogP contribution is 2.35. The number of benzene rings is 1. The number of anilines is 1. The van der Waals surface area contributed by atoms with E-state index in [1.54, 1.807) is 0 Å². The SMILES string of the molecule is COc1cc(F)c(Oc2ccc(C(F)(F)F)cn2)cc1NC(=O)C1COC(=O)N1C. The Hall–Kier alpha value is -3.57. The number of pyridine rings is 1. The molecule has 30 heavy (non-hydrogen) atoms. The Bertz CT molecular complexity index is 966. The number of aromatic nitrogens is 1. The van der Waals surface area contributed by atoms with Gasteiger partial charge in [0.05, 0.1) is 18.4 Å². The van der Waals surface area contributed by atoms with Crippen LogP contribution in [0.25, 0.3) is 0 Å². The number of carbonyl (C=O) groups excluding carboxylic acids is 2. The van der Waals surface area contributed by atoms with E-state index < -0.39 is 41.3 Å². The summed E-state index contributed by atoms with van der Waals surface area (Å²) in [6.07, 6.45) is -4.70. The minimum absolute atomic E-state index is 0.0126. The maximum absolute atomic E-state index is 14.3. The normalized spacial score (nSPS) is 16.3. The number of amides is 2. The van der Waals surface area contributed by atoms with Crippen LogP contribution in [0.5, 0.6) is 17.4 Å². The Morgan fingerprint density at radius 3 is 2.57 bits per heavy atom. The van der Waals surface area contributed by atoms with Gasteiger partial charge in [0.15, 0.2) is 11.6 Å². The Kier molecular flexibility index (Phi) is 5.67. The lowest BCUT2D eigenvalue weighted by Crippen LogP contribution is -2.40. The van der Waals surface area contributed by atoms with Gasteiger partial charge in [0.2, 0.25) is 5.88 Å². The molecule has 0 bridgehead atoms. The van der Waals surface area contributed by atoms with Crippen molar-refractivity contribution in [1.82, 2.24) is 9.88 Å². The number of rotatable bonds is 5. The van der Waals surface area contributed by atoms with Gasteiger partial charge in [-0.25, -0.2) is 14.2 Å². The molecule has 1 aromatic carbocycles. The maximum Gasteiger partial charge on any atom is 0.417 e. The number of alkyl halides is 3. The molecule has 1 unspecified atom stereocenters. The van der Waals surface area contributed by atoms with Crippen molar-refractivity contribution < 1.29 is 41.4 Å². The summed E-state index contributed by atoms with van der Waals surface area (Å²) < 4.78 is 67.2. The second-order valence-corrected chi connectivity index (χ2v) is 6.16. The Labute approximate surface area is 167 Å². The summed E-state index contributed by atoms with van der Waals surface area (Å²) in [6.45, 7) is -0.163. The van der Waals surface area contributed by atoms with Gasteiger partial charge in [-0.3, -0.25) is 9.69 Å². The fourth-order valence-electron chi connectivity index (χ4n) is 2.56. The van der Waals surface area contributed by atoms with Gasteiger partial charge in [-0.15, -0.1) is 0 Å². The van der Waals surface area contributed by atoms with Gasteiger partial charge in [0.25, 0.3) is 5.91 Å². The molecule has 0 aliphatic carbocycles. The number of cyclic esters (lactones) is 1. The van der Waals surface area contributed by atoms with E-state index in [2.05, 4.69) is 10.3 Å². The second kappa shape index (κ2) is 8.05. The van der Waals surface area contributed by atoms with Crippen LogP contribution in [-0.2, 0) is 15.7 Å². The summed E-state index contributed by atoms with van der Waals surface area (Å²) >= 11 is 0. The highest BCUT2D eigenvalue weighted by atomic mass is 19.4. The van der Waals surface area contributed by atoms with Crippen LogP contribution in [0.2, 0.25) is 0 Å². The number of methoxy groups -OCH3 is 1. The molecular weight excluding hydrogens is 414 g/mol. The van der Waals surface area contributed by atoms with E-state index >= 15 is 0 Å². The zero-order valence-corrected chi connectivity index (χ0v) is 15.6. The van der Waals surface area contributed by atoms with E-state index in [-0.39, 0.29) is 23.9 Å². The third-order valence-corrected chi connectivity index (χ3v) is 4.21. The highest BCUT2D eigenvalue weighted by Gasteiger charge is 2.35. The summed E-state index contributed by atoms with van der Waals surface area (Å²) in [5, 5.41) is 2.48. The summed E-state index contributed by atoms with van der Waals surface area (Å²) in [6, 6.07) is 2.77. The fourth-order valence-corrected chi connectivity index (χ4v) is 2.56. The first-order valence-corrected chi connectivity index (χ1v) is 8.39. The molecule has 12 heteroatoms. The molecule has 1 N–H and O–H groups in total. The topological polar surface area (TPSA) is 90.0 Å². The number of hydrogen-bond donors (Lipinski definition) is 1. The first kappa shape index (κ1) is 21.1. The smallest absolute Gasteiger partial charge is 0.417 e. The van der Waals surface area contributed by atoms with Crippen LogP contribution >= 0.6 is 0 Å². The van der Waals surface area contributed by atoms with Gasteiger partial charge in [-0.2, -0.15) is 13.2 Å². The molecule has 1 atom stereocenters. The average Bonchev–Trinajstić information content (AvgIpc) is 3.02. The lowest BCUT2D eigenvalue weighted by atomic mass is 10.2. The van der Waals surface area contributed by atoms with Crippen LogP contribution < -0.4 is 14.8 Å². The molecule has 1 saturated heterocycles. The Balaban J connectivity index is 1.82. The largest absolute Gasteiger partial charge is 0.494 e. The standard InChI is InChI=1S/C18H15F4N3O5/c1-25-12(8-29-17(25)27)16(26)24-11-6-13(10(19)5-14(11)28-2)30-15-4-3-9(7-23-15)18(20,21)22/h3-7,12H,8H2,1-2H3,(H,24,26). The van der Waals surface area contributed by atoms with Crippen molar-refractivity contribution in [2.45, 2.75) is 12.2 Å². The molecule has 1 aromatic heterocycles. The molecule has 0 radical (unpaired) electrons. The molecule has 160 valence electrons. The molecule has 0 saturated carbocycles. The predicted molar refractivity (Wildman–Crippen MR) is 93.8 cm³/mol. The Morgan fingerprint density at radius 2 is 2.03 bits per heavy atom. The van der Waals surface area contributed by atoms with E-state index in [1.807, 2.05) is 0 Å². The van der Waals surface area contributed by atoms with Crippen molar-refractivity contribution in [1.29, 1.82) is 0 Å². The van der Waals surface area contributed by atoms with Crippen molar-refractivity contribution in [2.24, 2.45) is 0 Å². The van der Waals surface area contributed by atoms with Crippen molar-refractivity contribution in [3.8, 4) is 17.4 Å². The first-order valence-electron chi connectivity index (χ1n) is 8.39. The molecule has 1 fully saturated rings. The number of nitrogens with one attached hydrogen (secondary N) is 1. The van der Waals surface area contributed by atoms with E-state index in [0.717, 1.165) is 29.2 Å². The zero-order chi connectivity index (χ0) is 22.1. The van der Waals surface area contributed by atoms with E-state index in [9.17, 15) is 27.2 Å². The number of hydrogen-bond acceptors (Lipinski definition) is 6. The summed E-state index contributed by atoms with van der Waals surface area (Å²) in [5.41, 5.74) is -0.978. The van der Waals surface area contributed by atoms with Crippen LogP contribution in [0, 0.1) is 5.82 Å². The van der Waals surface area contributed by atoms with Gasteiger partial charge in [-0.05, 0) is 6.07 Å². The maximum atomic E-state index is 14.3. The van der Waals surface area contributed by atoms with Gasteiger partial charge >= 0.3 is 12.3 Å². The van der Waals surface area contributed by atoms with E-state index in [0.29, 0.717) is 6.20 Å². The molecule has 2 amide bonds. The number of halogens is 4. The van der Waals surface area contributed by atoms with Crippen molar-refractivity contribution in [3.63, 3.8) is 0 Å². The summed E-state index contributed by atoms with van der Waals surface area (Å²) in [7, 11) is 2.63.